The molecule has 58 valence electrons. The Morgan fingerprint density at radius 3 is 2.18 bits per heavy atom. The molecule has 3 N–H and O–H groups in total. The number of hydrogen-bond acceptors (Lipinski definition) is 3. The number of carbonyl (C=O) groups excluding carboxylic acids is 3. The average molecular weight is 155 g/mol. The zero-order valence-corrected chi connectivity index (χ0v) is 5.40. The number of nitrogens with two attached hydrogens (primary N) is 1. The van der Waals surface area contributed by atoms with Gasteiger partial charge < -0.3 is 5.73 Å². The van der Waals surface area contributed by atoms with E-state index in [0.717, 1.165) is 12.2 Å². The van der Waals surface area contributed by atoms with Crippen LogP contribution in [0.25, 0.3) is 0 Å². The van der Waals surface area contributed by atoms with Gasteiger partial charge in [0.15, 0.2) is 0 Å². The quantitative estimate of drug-likeness (QED) is 0.451. The number of hydrogen-bond donors (Lipinski definition) is 2. The van der Waals surface area contributed by atoms with Crippen molar-refractivity contribution in [3.63, 3.8) is 0 Å². The second-order valence-corrected chi connectivity index (χ2v) is 1.82. The van der Waals surface area contributed by atoms with Gasteiger partial charge in [0, 0.05) is 12.2 Å². The van der Waals surface area contributed by atoms with E-state index in [1.807, 2.05) is 5.43 Å². The SMILES string of the molecule is NC(=O)NN1C(=O)C=CC1=O. The molecule has 0 fully saturated rings. The summed E-state index contributed by atoms with van der Waals surface area (Å²) in [5.41, 5.74) is 6.52. The molecule has 0 aromatic carbocycles. The minimum absolute atomic E-state index is 0.530. The van der Waals surface area contributed by atoms with E-state index in [1.165, 1.54) is 0 Å². The molecule has 1 heterocycles. The third kappa shape index (κ3) is 1.34. The van der Waals surface area contributed by atoms with Crippen LogP contribution >= 0.6 is 0 Å². The number of amides is 4. The molecule has 4 amide bonds. The van der Waals surface area contributed by atoms with Gasteiger partial charge >= 0.3 is 6.03 Å². The van der Waals surface area contributed by atoms with Crippen molar-refractivity contribution in [2.45, 2.75) is 0 Å². The Labute approximate surface area is 61.6 Å². The Bertz CT molecular complexity index is 240. The standard InChI is InChI=1S/C5H5N3O3/c6-5(11)7-8-3(9)1-2-4(8)10/h1-2H,(H3,6,7,11). The Morgan fingerprint density at radius 2 is 1.82 bits per heavy atom. The molecule has 0 radical (unpaired) electrons. The second kappa shape index (κ2) is 2.41. The molecular weight excluding hydrogens is 150 g/mol. The molecule has 6 heteroatoms. The lowest BCUT2D eigenvalue weighted by atomic mass is 10.6. The highest BCUT2D eigenvalue weighted by molar-refractivity contribution is 6.13. The zero-order chi connectivity index (χ0) is 8.43. The van der Waals surface area contributed by atoms with Crippen LogP contribution in [-0.4, -0.2) is 22.9 Å². The van der Waals surface area contributed by atoms with Gasteiger partial charge in [-0.1, -0.05) is 0 Å². The topological polar surface area (TPSA) is 92.5 Å². The maximum atomic E-state index is 10.7. The fourth-order valence-electron chi connectivity index (χ4n) is 0.621. The summed E-state index contributed by atoms with van der Waals surface area (Å²) in [6, 6.07) is -0.949. The summed E-state index contributed by atoms with van der Waals surface area (Å²) in [5.74, 6) is -1.21. The lowest BCUT2D eigenvalue weighted by molar-refractivity contribution is -0.139. The normalized spacial score (nSPS) is 15.8. The van der Waals surface area contributed by atoms with Gasteiger partial charge in [-0.15, -0.1) is 0 Å². The number of imide groups is 1. The third-order valence-electron chi connectivity index (χ3n) is 1.03. The molecule has 0 bridgehead atoms. The first kappa shape index (κ1) is 7.26. The summed E-state index contributed by atoms with van der Waals surface area (Å²) < 4.78 is 0. The number of rotatable bonds is 1. The molecule has 0 saturated heterocycles. The molecular formula is C5H5N3O3. The Balaban J connectivity index is 2.66. The van der Waals surface area contributed by atoms with Gasteiger partial charge in [0.25, 0.3) is 11.8 Å². The van der Waals surface area contributed by atoms with Crippen LogP contribution in [0.1, 0.15) is 0 Å². The maximum Gasteiger partial charge on any atom is 0.331 e. The largest absolute Gasteiger partial charge is 0.350 e. The van der Waals surface area contributed by atoms with Gasteiger partial charge in [-0.25, -0.2) is 10.2 Å². The van der Waals surface area contributed by atoms with E-state index in [0.29, 0.717) is 5.01 Å². The summed E-state index contributed by atoms with van der Waals surface area (Å²) in [4.78, 5) is 31.5. The fraction of sp³-hybridized carbons (Fsp3) is 0. The summed E-state index contributed by atoms with van der Waals surface area (Å²) in [6.45, 7) is 0. The minimum Gasteiger partial charge on any atom is -0.350 e. The van der Waals surface area contributed by atoms with Gasteiger partial charge in [0.05, 0.1) is 0 Å². The van der Waals surface area contributed by atoms with Crippen LogP contribution in [0.2, 0.25) is 0 Å². The van der Waals surface area contributed by atoms with Crippen molar-refractivity contribution in [1.82, 2.24) is 10.4 Å². The van der Waals surface area contributed by atoms with Crippen LogP contribution in [0, 0.1) is 0 Å². The van der Waals surface area contributed by atoms with Gasteiger partial charge in [0.1, 0.15) is 0 Å². The van der Waals surface area contributed by atoms with Crippen molar-refractivity contribution in [1.29, 1.82) is 0 Å². The van der Waals surface area contributed by atoms with Gasteiger partial charge in [-0.05, 0) is 0 Å². The Hall–Kier alpha value is -1.85. The second-order valence-electron chi connectivity index (χ2n) is 1.82. The molecule has 11 heavy (non-hydrogen) atoms. The summed E-state index contributed by atoms with van der Waals surface area (Å²) in [7, 11) is 0. The van der Waals surface area contributed by atoms with E-state index in [4.69, 9.17) is 0 Å². The molecule has 0 unspecified atom stereocenters. The Kier molecular flexibility index (Phi) is 1.59. The van der Waals surface area contributed by atoms with E-state index < -0.39 is 17.8 Å². The molecule has 1 rings (SSSR count). The van der Waals surface area contributed by atoms with Crippen LogP contribution in [-0.2, 0) is 9.59 Å². The van der Waals surface area contributed by atoms with Gasteiger partial charge in [0.2, 0.25) is 0 Å². The maximum absolute atomic E-state index is 10.7. The van der Waals surface area contributed by atoms with E-state index in [9.17, 15) is 14.4 Å². The van der Waals surface area contributed by atoms with Crippen LogP contribution in [0.3, 0.4) is 0 Å². The number of nitrogens with one attached hydrogen (secondary N) is 1. The van der Waals surface area contributed by atoms with E-state index >= 15 is 0 Å². The predicted octanol–water partition coefficient (Wildman–Crippen LogP) is -1.51. The summed E-state index contributed by atoms with van der Waals surface area (Å²) >= 11 is 0. The molecule has 0 aromatic rings. The first-order valence-electron chi connectivity index (χ1n) is 2.73. The van der Waals surface area contributed by atoms with Crippen molar-refractivity contribution in [3.8, 4) is 0 Å². The minimum atomic E-state index is -0.949. The van der Waals surface area contributed by atoms with Gasteiger partial charge in [-0.2, -0.15) is 5.01 Å². The van der Waals surface area contributed by atoms with E-state index in [-0.39, 0.29) is 0 Å². The third-order valence-corrected chi connectivity index (χ3v) is 1.03. The molecule has 6 nitrogen and oxygen atoms in total. The van der Waals surface area contributed by atoms with E-state index in [2.05, 4.69) is 5.73 Å². The molecule has 0 aromatic heterocycles. The number of hydrazine groups is 1. The number of primary amides is 1. The van der Waals surface area contributed by atoms with Crippen molar-refractivity contribution in [2.24, 2.45) is 5.73 Å². The Morgan fingerprint density at radius 1 is 1.36 bits per heavy atom. The molecule has 0 atom stereocenters. The van der Waals surface area contributed by atoms with E-state index in [1.54, 1.807) is 0 Å². The smallest absolute Gasteiger partial charge is 0.331 e. The number of nitrogens with zero attached hydrogens (tertiary/aromatic N) is 1. The first-order valence-corrected chi connectivity index (χ1v) is 2.73. The molecule has 0 saturated carbocycles. The molecule has 0 aliphatic carbocycles. The number of carbonyl (C=O) groups is 3. The monoisotopic (exact) mass is 155 g/mol. The first-order chi connectivity index (χ1) is 5.11. The van der Waals surface area contributed by atoms with Crippen molar-refractivity contribution in [2.75, 3.05) is 0 Å². The van der Waals surface area contributed by atoms with Crippen LogP contribution in [0.5, 0.6) is 0 Å². The van der Waals surface area contributed by atoms with Crippen molar-refractivity contribution >= 4 is 17.8 Å². The highest BCUT2D eigenvalue weighted by Crippen LogP contribution is 1.98. The molecule has 0 spiro atoms. The predicted molar refractivity (Wildman–Crippen MR) is 33.7 cm³/mol. The summed E-state index contributed by atoms with van der Waals surface area (Å²) in [5, 5.41) is 0.530. The van der Waals surface area contributed by atoms with Crippen LogP contribution in [0.15, 0.2) is 12.2 Å². The van der Waals surface area contributed by atoms with Crippen LogP contribution < -0.4 is 11.2 Å². The average Bonchev–Trinajstić information content (AvgIpc) is 2.18. The lowest BCUT2D eigenvalue weighted by Gasteiger charge is -2.11. The summed E-state index contributed by atoms with van der Waals surface area (Å²) in [6.07, 6.45) is 2.08. The highest BCUT2D eigenvalue weighted by atomic mass is 16.2. The van der Waals surface area contributed by atoms with Crippen LogP contribution in [0.4, 0.5) is 4.79 Å². The lowest BCUT2D eigenvalue weighted by Crippen LogP contribution is -2.48. The van der Waals surface area contributed by atoms with Gasteiger partial charge in [-0.3, -0.25) is 9.59 Å². The zero-order valence-electron chi connectivity index (χ0n) is 5.40. The fourth-order valence-corrected chi connectivity index (χ4v) is 0.621. The number of urea groups is 1. The molecule has 1 aliphatic rings. The van der Waals surface area contributed by atoms with Crippen molar-refractivity contribution < 1.29 is 14.4 Å². The highest BCUT2D eigenvalue weighted by Gasteiger charge is 2.24. The molecule has 1 aliphatic heterocycles. The van der Waals surface area contributed by atoms with Crippen molar-refractivity contribution in [3.05, 3.63) is 12.2 Å².